The molecule has 0 atom stereocenters. The number of nitrogens with zero attached hydrogens (tertiary/aromatic N) is 4. The van der Waals surface area contributed by atoms with Gasteiger partial charge in [0.15, 0.2) is 0 Å². The van der Waals surface area contributed by atoms with Crippen LogP contribution in [-0.2, 0) is 26.5 Å². The summed E-state index contributed by atoms with van der Waals surface area (Å²) in [5.41, 5.74) is 5.34. The molecule has 4 aromatic carbocycles. The minimum Gasteiger partial charge on any atom is -0.510 e. The molecule has 0 saturated heterocycles. The molecule has 6 aromatic rings. The van der Waals surface area contributed by atoms with Gasteiger partial charge in [-0.3, -0.25) is 0 Å². The Morgan fingerprint density at radius 2 is 1.58 bits per heavy atom. The third kappa shape index (κ3) is 6.19. The summed E-state index contributed by atoms with van der Waals surface area (Å²) in [6.07, 6.45) is 5.47. The number of rotatable bonds is 5. The molecule has 230 valence electrons. The minimum absolute atomic E-state index is 0. The number of para-hydroxylation sites is 2. The van der Waals surface area contributed by atoms with E-state index < -0.39 is 0 Å². The SMILES string of the molecule is CC1(C)CN(c2[c-]c(Oc3[c-]c4c(cc3)c3ccccc3n4-c3cc(C(C)(C)C)ccn3)ccc2)[C-]=[N+](c2ccccc2)C1.[Pt]. The molecule has 0 aliphatic carbocycles. The van der Waals surface area contributed by atoms with Crippen LogP contribution in [0.1, 0.15) is 40.2 Å². The van der Waals surface area contributed by atoms with Crippen molar-refractivity contribution in [3.63, 3.8) is 0 Å². The Hall–Kier alpha value is -4.21. The number of hydrogen-bond donors (Lipinski definition) is 0. The normalized spacial score (nSPS) is 14.7. The van der Waals surface area contributed by atoms with Gasteiger partial charge in [-0.1, -0.05) is 94.4 Å². The quantitative estimate of drug-likeness (QED) is 0.130. The van der Waals surface area contributed by atoms with Gasteiger partial charge in [0, 0.05) is 55.4 Å². The number of pyridine rings is 1. The minimum atomic E-state index is 0. The molecule has 0 spiro atoms. The van der Waals surface area contributed by atoms with E-state index >= 15 is 0 Å². The molecule has 7 rings (SSSR count). The van der Waals surface area contributed by atoms with Crippen LogP contribution >= 0.6 is 0 Å². The van der Waals surface area contributed by atoms with E-state index in [-0.39, 0.29) is 31.9 Å². The smallest absolute Gasteiger partial charge is 0.204 e. The van der Waals surface area contributed by atoms with Crippen LogP contribution in [0.15, 0.2) is 103 Å². The Labute approximate surface area is 280 Å². The molecule has 1 aliphatic heterocycles. The number of benzene rings is 4. The van der Waals surface area contributed by atoms with Gasteiger partial charge >= 0.3 is 0 Å². The van der Waals surface area contributed by atoms with Crippen LogP contribution in [0.4, 0.5) is 11.4 Å². The van der Waals surface area contributed by atoms with Crippen molar-refractivity contribution >= 4 is 39.5 Å². The molecule has 0 N–H and O–H groups in total. The van der Waals surface area contributed by atoms with E-state index in [2.05, 4.69) is 140 Å². The maximum absolute atomic E-state index is 6.43. The third-order valence-electron chi connectivity index (χ3n) is 8.14. The molecule has 0 fully saturated rings. The van der Waals surface area contributed by atoms with Crippen molar-refractivity contribution in [3.8, 4) is 17.3 Å². The van der Waals surface area contributed by atoms with Gasteiger partial charge in [-0.15, -0.1) is 23.6 Å². The maximum atomic E-state index is 6.43. The first kappa shape index (κ1) is 30.8. The summed E-state index contributed by atoms with van der Waals surface area (Å²) in [4.78, 5) is 6.93. The first-order valence-electron chi connectivity index (χ1n) is 15.1. The van der Waals surface area contributed by atoms with Crippen LogP contribution in [0.3, 0.4) is 0 Å². The summed E-state index contributed by atoms with van der Waals surface area (Å²) in [5.74, 6) is 2.12. The van der Waals surface area contributed by atoms with Gasteiger partial charge in [0.05, 0.1) is 13.1 Å². The third-order valence-corrected chi connectivity index (χ3v) is 8.14. The zero-order valence-electron chi connectivity index (χ0n) is 26.2. The Morgan fingerprint density at radius 3 is 2.38 bits per heavy atom. The van der Waals surface area contributed by atoms with Crippen molar-refractivity contribution in [2.75, 3.05) is 18.0 Å². The number of aromatic nitrogens is 2. The van der Waals surface area contributed by atoms with Gasteiger partial charge in [0.2, 0.25) is 6.34 Å². The van der Waals surface area contributed by atoms with Crippen molar-refractivity contribution in [2.45, 2.75) is 40.0 Å². The van der Waals surface area contributed by atoms with Crippen LogP contribution in [0.5, 0.6) is 11.5 Å². The van der Waals surface area contributed by atoms with Crippen molar-refractivity contribution in [3.05, 3.63) is 121 Å². The summed E-state index contributed by atoms with van der Waals surface area (Å²) in [6.45, 7) is 13.0. The largest absolute Gasteiger partial charge is 0.510 e. The first-order valence-corrected chi connectivity index (χ1v) is 15.1. The van der Waals surface area contributed by atoms with E-state index in [1.165, 1.54) is 5.56 Å². The second-order valence-corrected chi connectivity index (χ2v) is 13.4. The number of fused-ring (bicyclic) bond motifs is 3. The summed E-state index contributed by atoms with van der Waals surface area (Å²) in [7, 11) is 0. The van der Waals surface area contributed by atoms with Crippen LogP contribution < -0.4 is 9.64 Å². The average molecular weight is 772 g/mol. The number of hydrogen-bond acceptors (Lipinski definition) is 3. The zero-order chi connectivity index (χ0) is 30.5. The number of anilines is 1. The van der Waals surface area contributed by atoms with E-state index in [4.69, 9.17) is 9.72 Å². The molecule has 5 nitrogen and oxygen atoms in total. The van der Waals surface area contributed by atoms with Crippen molar-refractivity contribution in [1.29, 1.82) is 0 Å². The fourth-order valence-electron chi connectivity index (χ4n) is 5.97. The second-order valence-electron chi connectivity index (χ2n) is 13.4. The predicted molar refractivity (Wildman–Crippen MR) is 179 cm³/mol. The van der Waals surface area contributed by atoms with Crippen molar-refractivity contribution in [2.24, 2.45) is 5.41 Å². The van der Waals surface area contributed by atoms with Gasteiger partial charge in [0.25, 0.3) is 0 Å². The van der Waals surface area contributed by atoms with Gasteiger partial charge in [0.1, 0.15) is 5.82 Å². The summed E-state index contributed by atoms with van der Waals surface area (Å²) in [6, 6.07) is 40.3. The molecular formula is C39H36N4OPt-2. The molecular weight excluding hydrogens is 736 g/mol. The van der Waals surface area contributed by atoms with Gasteiger partial charge in [-0.25, -0.2) is 4.98 Å². The van der Waals surface area contributed by atoms with E-state index in [0.29, 0.717) is 11.5 Å². The van der Waals surface area contributed by atoms with Crippen molar-refractivity contribution < 1.29 is 30.4 Å². The van der Waals surface area contributed by atoms with E-state index in [9.17, 15) is 0 Å². The topological polar surface area (TPSA) is 33.3 Å². The number of ether oxygens (including phenoxy) is 1. The van der Waals surface area contributed by atoms with Gasteiger partial charge < -0.3 is 18.8 Å². The summed E-state index contributed by atoms with van der Waals surface area (Å²) >= 11 is 0. The monoisotopic (exact) mass is 771 g/mol. The molecule has 6 heteroatoms. The predicted octanol–water partition coefficient (Wildman–Crippen LogP) is 8.96. The van der Waals surface area contributed by atoms with E-state index in [1.54, 1.807) is 0 Å². The fraction of sp³-hybridized carbons (Fsp3) is 0.231. The Kier molecular flexibility index (Phi) is 8.18. The molecule has 0 amide bonds. The Bertz CT molecular complexity index is 2020. The molecule has 0 saturated carbocycles. The van der Waals surface area contributed by atoms with Gasteiger partial charge in [-0.05, 0) is 34.6 Å². The maximum Gasteiger partial charge on any atom is 0.204 e. The molecule has 45 heavy (non-hydrogen) atoms. The molecule has 2 aromatic heterocycles. The second kappa shape index (κ2) is 11.9. The van der Waals surface area contributed by atoms with Crippen LogP contribution in [-0.4, -0.2) is 33.6 Å². The summed E-state index contributed by atoms with van der Waals surface area (Å²) in [5, 5.41) is 2.26. The molecule has 0 unspecified atom stereocenters. The Morgan fingerprint density at radius 1 is 0.822 bits per heavy atom. The van der Waals surface area contributed by atoms with Crippen molar-refractivity contribution in [1.82, 2.24) is 9.55 Å². The van der Waals surface area contributed by atoms with Crippen LogP contribution in [0.2, 0.25) is 0 Å². The Balaban J connectivity index is 0.00000357. The van der Waals surface area contributed by atoms with E-state index in [0.717, 1.165) is 52.1 Å². The molecule has 1 aliphatic rings. The average Bonchev–Trinajstić information content (AvgIpc) is 3.34. The van der Waals surface area contributed by atoms with Crippen LogP contribution in [0.25, 0.3) is 27.6 Å². The van der Waals surface area contributed by atoms with Gasteiger partial charge in [-0.2, -0.15) is 24.3 Å². The summed E-state index contributed by atoms with van der Waals surface area (Å²) < 4.78 is 10.8. The zero-order valence-corrected chi connectivity index (χ0v) is 28.5. The standard InChI is InChI=1S/C39H36N4O.Pt/c1-38(2,3)28-20-21-40-37(22-28)43-35-17-10-9-16-33(35)34-19-18-32(24-36(34)43)44-31-15-11-14-30(23-31)42-26-39(4,5)25-41(27-42)29-12-7-6-8-13-29;/h6-22H,25-26H2,1-5H3;/q-2;. The fourth-order valence-corrected chi connectivity index (χ4v) is 5.97. The van der Waals surface area contributed by atoms with Crippen LogP contribution in [0, 0.1) is 17.5 Å². The van der Waals surface area contributed by atoms with E-state index in [1.807, 2.05) is 30.5 Å². The first-order chi connectivity index (χ1) is 21.1. The molecule has 0 bridgehead atoms. The molecule has 0 radical (unpaired) electrons. The molecule has 3 heterocycles.